The lowest BCUT2D eigenvalue weighted by atomic mass is 9.92. The summed E-state index contributed by atoms with van der Waals surface area (Å²) in [5, 5.41) is 5.81. The quantitative estimate of drug-likeness (QED) is 0.662. The molecule has 1 saturated carbocycles. The van der Waals surface area contributed by atoms with Crippen molar-refractivity contribution < 1.29 is 28.2 Å². The Labute approximate surface area is 209 Å². The van der Waals surface area contributed by atoms with Crippen LogP contribution in [0.1, 0.15) is 59.2 Å². The zero-order chi connectivity index (χ0) is 25.2. The number of nitrogens with zero attached hydrogens (tertiary/aromatic N) is 1. The minimum absolute atomic E-state index is 0.0138. The van der Waals surface area contributed by atoms with Gasteiger partial charge in [0.05, 0.1) is 24.1 Å². The van der Waals surface area contributed by atoms with Crippen LogP contribution in [0.15, 0.2) is 42.5 Å². The lowest BCUT2D eigenvalue weighted by Crippen LogP contribution is -2.54. The molecule has 2 N–H and O–H groups in total. The molecular formula is C27H30FN3O5. The summed E-state index contributed by atoms with van der Waals surface area (Å²) in [7, 11) is 1.74. The normalized spacial score (nSPS) is 23.8. The van der Waals surface area contributed by atoms with Gasteiger partial charge in [0.2, 0.25) is 5.91 Å². The van der Waals surface area contributed by atoms with E-state index in [1.165, 1.54) is 24.3 Å². The van der Waals surface area contributed by atoms with Crippen LogP contribution in [0.5, 0.6) is 5.75 Å². The molecule has 2 fully saturated rings. The Hall–Kier alpha value is -3.46. The van der Waals surface area contributed by atoms with Crippen LogP contribution < -0.4 is 15.4 Å². The molecule has 8 nitrogen and oxygen atoms in total. The number of carbonyl (C=O) groups is 3. The second kappa shape index (κ2) is 10.3. The number of hydrogen-bond acceptors (Lipinski definition) is 5. The van der Waals surface area contributed by atoms with Gasteiger partial charge in [-0.15, -0.1) is 0 Å². The van der Waals surface area contributed by atoms with Crippen molar-refractivity contribution in [3.63, 3.8) is 0 Å². The fourth-order valence-electron chi connectivity index (χ4n) is 4.96. The van der Waals surface area contributed by atoms with Crippen LogP contribution in [0.2, 0.25) is 0 Å². The van der Waals surface area contributed by atoms with E-state index in [4.69, 9.17) is 9.47 Å². The lowest BCUT2D eigenvalue weighted by Gasteiger charge is -2.42. The lowest BCUT2D eigenvalue weighted by molar-refractivity contribution is -0.135. The zero-order valence-corrected chi connectivity index (χ0v) is 20.2. The van der Waals surface area contributed by atoms with E-state index in [1.54, 1.807) is 30.1 Å². The summed E-state index contributed by atoms with van der Waals surface area (Å²) < 4.78 is 25.4. The van der Waals surface area contributed by atoms with Gasteiger partial charge >= 0.3 is 0 Å². The maximum absolute atomic E-state index is 13.4. The number of rotatable bonds is 5. The van der Waals surface area contributed by atoms with Crippen molar-refractivity contribution in [3.8, 4) is 5.75 Å². The molecule has 2 heterocycles. The van der Waals surface area contributed by atoms with E-state index < -0.39 is 11.7 Å². The molecular weight excluding hydrogens is 465 g/mol. The summed E-state index contributed by atoms with van der Waals surface area (Å²) in [6.07, 6.45) is 4.38. The van der Waals surface area contributed by atoms with Gasteiger partial charge in [0.1, 0.15) is 24.3 Å². The van der Waals surface area contributed by atoms with E-state index in [9.17, 15) is 18.8 Å². The number of ether oxygens (including phenoxy) is 2. The topological polar surface area (TPSA) is 97.0 Å². The van der Waals surface area contributed by atoms with Gasteiger partial charge < -0.3 is 25.0 Å². The Balaban J connectivity index is 1.26. The maximum Gasteiger partial charge on any atom is 0.257 e. The number of halogens is 1. The van der Waals surface area contributed by atoms with Crippen LogP contribution in [0.3, 0.4) is 0 Å². The average Bonchev–Trinajstić information content (AvgIpc) is 2.84. The molecule has 1 aliphatic carbocycles. The van der Waals surface area contributed by atoms with Crippen molar-refractivity contribution in [1.82, 2.24) is 10.2 Å². The van der Waals surface area contributed by atoms with Crippen molar-refractivity contribution in [2.45, 2.75) is 62.8 Å². The highest BCUT2D eigenvalue weighted by Crippen LogP contribution is 2.32. The van der Waals surface area contributed by atoms with Gasteiger partial charge in [-0.1, -0.05) is 0 Å². The maximum atomic E-state index is 13.4. The third-order valence-electron chi connectivity index (χ3n) is 7.26. The number of likely N-dealkylation sites (N-methyl/N-ethyl adjacent to an activating group) is 1. The largest absolute Gasteiger partial charge is 0.490 e. The van der Waals surface area contributed by atoms with Gasteiger partial charge in [0.25, 0.3) is 11.8 Å². The predicted molar refractivity (Wildman–Crippen MR) is 130 cm³/mol. The monoisotopic (exact) mass is 495 g/mol. The van der Waals surface area contributed by atoms with E-state index >= 15 is 0 Å². The molecule has 9 heteroatoms. The SMILES string of the molecule is CN1C(=O)c2cc(NC(=O)c3ccc(F)cc3)ccc2OC[C@H]2O[C@H](CC(=O)NC3CCC3)CC[C@H]21. The smallest absolute Gasteiger partial charge is 0.257 e. The van der Waals surface area contributed by atoms with E-state index in [0.29, 0.717) is 47.9 Å². The summed E-state index contributed by atoms with van der Waals surface area (Å²) in [4.78, 5) is 39.9. The Morgan fingerprint density at radius 3 is 2.58 bits per heavy atom. The van der Waals surface area contributed by atoms with Crippen molar-refractivity contribution in [1.29, 1.82) is 0 Å². The van der Waals surface area contributed by atoms with Crippen LogP contribution in [0, 0.1) is 5.82 Å². The summed E-state index contributed by atoms with van der Waals surface area (Å²) in [6, 6.07) is 10.2. The number of nitrogens with one attached hydrogen (secondary N) is 2. The molecule has 3 atom stereocenters. The van der Waals surface area contributed by atoms with Gasteiger partial charge in [-0.3, -0.25) is 14.4 Å². The first-order valence-corrected chi connectivity index (χ1v) is 12.4. The van der Waals surface area contributed by atoms with Crippen LogP contribution in [0.25, 0.3) is 0 Å². The minimum Gasteiger partial charge on any atom is -0.490 e. The highest BCUT2D eigenvalue weighted by atomic mass is 19.1. The number of carbonyl (C=O) groups excluding carboxylic acids is 3. The molecule has 2 aromatic rings. The molecule has 0 aromatic heterocycles. The highest BCUT2D eigenvalue weighted by Gasteiger charge is 2.39. The molecule has 2 aromatic carbocycles. The Morgan fingerprint density at radius 1 is 1.08 bits per heavy atom. The second-order valence-corrected chi connectivity index (χ2v) is 9.74. The molecule has 0 unspecified atom stereocenters. The summed E-state index contributed by atoms with van der Waals surface area (Å²) in [5.41, 5.74) is 1.08. The molecule has 0 spiro atoms. The van der Waals surface area contributed by atoms with E-state index in [0.717, 1.165) is 19.3 Å². The fourth-order valence-corrected chi connectivity index (χ4v) is 4.96. The number of hydrogen-bond donors (Lipinski definition) is 2. The average molecular weight is 496 g/mol. The highest BCUT2D eigenvalue weighted by molar-refractivity contribution is 6.05. The summed E-state index contributed by atoms with van der Waals surface area (Å²) >= 11 is 0. The first-order valence-electron chi connectivity index (χ1n) is 12.4. The number of anilines is 1. The minimum atomic E-state index is -0.424. The van der Waals surface area contributed by atoms with Gasteiger partial charge in [-0.2, -0.15) is 0 Å². The summed E-state index contributed by atoms with van der Waals surface area (Å²) in [5.74, 6) is -0.650. The zero-order valence-electron chi connectivity index (χ0n) is 20.2. The third kappa shape index (κ3) is 5.21. The summed E-state index contributed by atoms with van der Waals surface area (Å²) in [6.45, 7) is 0.247. The number of fused-ring (bicyclic) bond motifs is 2. The molecule has 2 aliphatic heterocycles. The van der Waals surface area contributed by atoms with Gasteiger partial charge in [0, 0.05) is 24.3 Å². The fraction of sp³-hybridized carbons (Fsp3) is 0.444. The molecule has 3 aliphatic rings. The number of amides is 3. The van der Waals surface area contributed by atoms with Crippen molar-refractivity contribution in [2.75, 3.05) is 19.0 Å². The van der Waals surface area contributed by atoms with Crippen molar-refractivity contribution in [3.05, 3.63) is 59.4 Å². The van der Waals surface area contributed by atoms with Crippen LogP contribution in [0.4, 0.5) is 10.1 Å². The molecule has 190 valence electrons. The first-order chi connectivity index (χ1) is 17.4. The van der Waals surface area contributed by atoms with E-state index in [-0.39, 0.29) is 36.7 Å². The molecule has 1 saturated heterocycles. The standard InChI is InChI=1S/C27H30FN3O5/c1-31-22-11-10-20(14-25(32)29-18-3-2-4-18)36-24(22)15-35-23-12-9-19(13-21(23)27(31)34)30-26(33)16-5-7-17(28)8-6-16/h5-9,12-13,18,20,22,24H,2-4,10-11,14-15H2,1H3,(H,29,32)(H,30,33)/t20-,22+,24+/m0/s1. The number of benzene rings is 2. The van der Waals surface area contributed by atoms with Gasteiger partial charge in [-0.25, -0.2) is 4.39 Å². The van der Waals surface area contributed by atoms with E-state index in [1.807, 2.05) is 0 Å². The van der Waals surface area contributed by atoms with Crippen molar-refractivity contribution in [2.24, 2.45) is 0 Å². The Bertz CT molecular complexity index is 1150. The van der Waals surface area contributed by atoms with E-state index in [2.05, 4.69) is 10.6 Å². The molecule has 5 rings (SSSR count). The molecule has 36 heavy (non-hydrogen) atoms. The third-order valence-corrected chi connectivity index (χ3v) is 7.26. The Morgan fingerprint density at radius 2 is 1.86 bits per heavy atom. The van der Waals surface area contributed by atoms with Crippen LogP contribution in [-0.4, -0.2) is 60.6 Å². The van der Waals surface area contributed by atoms with Crippen molar-refractivity contribution >= 4 is 23.4 Å². The van der Waals surface area contributed by atoms with Crippen LogP contribution in [-0.2, 0) is 9.53 Å². The molecule has 3 amide bonds. The molecule has 0 radical (unpaired) electrons. The Kier molecular flexibility index (Phi) is 6.91. The van der Waals surface area contributed by atoms with Gasteiger partial charge in [0.15, 0.2) is 0 Å². The van der Waals surface area contributed by atoms with Crippen LogP contribution >= 0.6 is 0 Å². The predicted octanol–water partition coefficient (Wildman–Crippen LogP) is 3.52. The first kappa shape index (κ1) is 24.2. The second-order valence-electron chi connectivity index (χ2n) is 9.74. The van der Waals surface area contributed by atoms with Gasteiger partial charge in [-0.05, 0) is 74.6 Å². The molecule has 0 bridgehead atoms.